The summed E-state index contributed by atoms with van der Waals surface area (Å²) < 4.78 is 4.98. The van der Waals surface area contributed by atoms with Gasteiger partial charge in [-0.1, -0.05) is 19.0 Å². The Morgan fingerprint density at radius 3 is 2.47 bits per heavy atom. The van der Waals surface area contributed by atoms with Crippen molar-refractivity contribution in [2.75, 3.05) is 0 Å². The van der Waals surface area contributed by atoms with Crippen molar-refractivity contribution in [3.8, 4) is 0 Å². The predicted octanol–water partition coefficient (Wildman–Crippen LogP) is 2.17. The van der Waals surface area contributed by atoms with Crippen LogP contribution in [0.4, 0.5) is 0 Å². The van der Waals surface area contributed by atoms with Gasteiger partial charge in [-0.05, 0) is 26.7 Å². The second-order valence-corrected chi connectivity index (χ2v) is 5.01. The summed E-state index contributed by atoms with van der Waals surface area (Å²) in [5.41, 5.74) is -0.623. The zero-order valence-corrected chi connectivity index (χ0v) is 11.7. The lowest BCUT2D eigenvalue weighted by Gasteiger charge is -2.19. The van der Waals surface area contributed by atoms with Crippen LogP contribution in [-0.2, 0) is 4.79 Å². The minimum absolute atomic E-state index is 0.0382. The van der Waals surface area contributed by atoms with Gasteiger partial charge in [0.15, 0.2) is 0 Å². The molecule has 0 saturated heterocycles. The van der Waals surface area contributed by atoms with Gasteiger partial charge in [0.05, 0.1) is 5.69 Å². The molecule has 0 fully saturated rings. The van der Waals surface area contributed by atoms with Gasteiger partial charge in [-0.2, -0.15) is 0 Å². The zero-order valence-electron chi connectivity index (χ0n) is 11.7. The average molecular weight is 268 g/mol. The molecule has 0 radical (unpaired) electrons. The Morgan fingerprint density at radius 1 is 1.42 bits per heavy atom. The SMILES string of the molecule is CCC(CC)c1cc(C(=O)NC(C)(C)C(=O)O)on1. The first-order valence-electron chi connectivity index (χ1n) is 6.34. The molecule has 1 rings (SSSR count). The topological polar surface area (TPSA) is 92.4 Å². The van der Waals surface area contributed by atoms with Crippen molar-refractivity contribution in [1.82, 2.24) is 10.5 Å². The van der Waals surface area contributed by atoms with Gasteiger partial charge in [0.2, 0.25) is 5.76 Å². The van der Waals surface area contributed by atoms with Gasteiger partial charge in [-0.15, -0.1) is 0 Å². The number of carbonyl (C=O) groups is 2. The third-order valence-electron chi connectivity index (χ3n) is 3.12. The Bertz CT molecular complexity index is 461. The molecule has 1 aromatic heterocycles. The van der Waals surface area contributed by atoms with Crippen LogP contribution in [0.1, 0.15) is 62.7 Å². The first-order chi connectivity index (χ1) is 8.81. The summed E-state index contributed by atoms with van der Waals surface area (Å²) in [5.74, 6) is -1.40. The summed E-state index contributed by atoms with van der Waals surface area (Å²) in [6.07, 6.45) is 1.81. The van der Waals surface area contributed by atoms with Crippen LogP contribution in [0.15, 0.2) is 10.6 Å². The molecule has 0 aliphatic heterocycles. The van der Waals surface area contributed by atoms with Crippen LogP contribution >= 0.6 is 0 Å². The smallest absolute Gasteiger partial charge is 0.328 e. The average Bonchev–Trinajstić information content (AvgIpc) is 2.79. The molecule has 0 aliphatic carbocycles. The summed E-state index contributed by atoms with van der Waals surface area (Å²) >= 11 is 0. The number of carbonyl (C=O) groups excluding carboxylic acids is 1. The highest BCUT2D eigenvalue weighted by atomic mass is 16.5. The molecule has 1 heterocycles. The summed E-state index contributed by atoms with van der Waals surface area (Å²) in [6.45, 7) is 6.89. The highest BCUT2D eigenvalue weighted by molar-refractivity contribution is 5.95. The van der Waals surface area contributed by atoms with Crippen LogP contribution in [0, 0.1) is 0 Å². The highest BCUT2D eigenvalue weighted by Crippen LogP contribution is 2.22. The van der Waals surface area contributed by atoms with E-state index in [0.717, 1.165) is 18.5 Å². The fourth-order valence-electron chi connectivity index (χ4n) is 1.69. The van der Waals surface area contributed by atoms with E-state index < -0.39 is 17.4 Å². The molecule has 0 aliphatic rings. The Morgan fingerprint density at radius 2 is 2.00 bits per heavy atom. The summed E-state index contributed by atoms with van der Waals surface area (Å²) in [7, 11) is 0. The molecule has 0 saturated carbocycles. The third kappa shape index (κ3) is 3.56. The number of hydrogen-bond acceptors (Lipinski definition) is 4. The van der Waals surface area contributed by atoms with Crippen molar-refractivity contribution in [2.45, 2.75) is 52.0 Å². The lowest BCUT2D eigenvalue weighted by molar-refractivity contribution is -0.143. The normalized spacial score (nSPS) is 11.6. The monoisotopic (exact) mass is 268 g/mol. The molecular formula is C13H20N2O4. The van der Waals surface area contributed by atoms with Crippen molar-refractivity contribution in [3.05, 3.63) is 17.5 Å². The zero-order chi connectivity index (χ0) is 14.6. The van der Waals surface area contributed by atoms with Crippen molar-refractivity contribution in [3.63, 3.8) is 0 Å². The van der Waals surface area contributed by atoms with Crippen molar-refractivity contribution in [2.24, 2.45) is 0 Å². The number of hydrogen-bond donors (Lipinski definition) is 2. The molecule has 6 nitrogen and oxygen atoms in total. The highest BCUT2D eigenvalue weighted by Gasteiger charge is 2.30. The first kappa shape index (κ1) is 15.2. The van der Waals surface area contributed by atoms with Crippen molar-refractivity contribution >= 4 is 11.9 Å². The molecule has 6 heteroatoms. The standard InChI is InChI=1S/C13H20N2O4/c1-5-8(6-2)9-7-10(19-15-9)11(16)14-13(3,4)12(17)18/h7-8H,5-6H2,1-4H3,(H,14,16)(H,17,18). The molecule has 0 spiro atoms. The van der Waals surface area contributed by atoms with Gasteiger partial charge < -0.3 is 14.9 Å². The largest absolute Gasteiger partial charge is 0.480 e. The van der Waals surface area contributed by atoms with E-state index in [2.05, 4.69) is 10.5 Å². The van der Waals surface area contributed by atoms with Gasteiger partial charge >= 0.3 is 5.97 Å². The van der Waals surface area contributed by atoms with E-state index in [9.17, 15) is 9.59 Å². The predicted molar refractivity (Wildman–Crippen MR) is 69.0 cm³/mol. The number of nitrogens with one attached hydrogen (secondary N) is 1. The van der Waals surface area contributed by atoms with Crippen LogP contribution in [0.5, 0.6) is 0 Å². The molecular weight excluding hydrogens is 248 g/mol. The van der Waals surface area contributed by atoms with E-state index in [-0.39, 0.29) is 11.7 Å². The van der Waals surface area contributed by atoms with Crippen LogP contribution < -0.4 is 5.32 Å². The van der Waals surface area contributed by atoms with Gasteiger partial charge in [0.25, 0.3) is 5.91 Å². The van der Waals surface area contributed by atoms with Gasteiger partial charge in [-0.3, -0.25) is 4.79 Å². The molecule has 0 atom stereocenters. The number of amides is 1. The number of carboxylic acid groups (broad SMARTS) is 1. The maximum atomic E-state index is 11.9. The minimum atomic E-state index is -1.35. The number of aromatic nitrogens is 1. The fraction of sp³-hybridized carbons (Fsp3) is 0.615. The Kier molecular flexibility index (Phi) is 4.69. The molecule has 19 heavy (non-hydrogen) atoms. The maximum Gasteiger partial charge on any atom is 0.328 e. The van der Waals surface area contributed by atoms with Crippen molar-refractivity contribution in [1.29, 1.82) is 0 Å². The first-order valence-corrected chi connectivity index (χ1v) is 6.34. The van der Waals surface area contributed by atoms with Gasteiger partial charge in [0, 0.05) is 12.0 Å². The quantitative estimate of drug-likeness (QED) is 0.824. The van der Waals surface area contributed by atoms with E-state index >= 15 is 0 Å². The van der Waals surface area contributed by atoms with Crippen LogP contribution in [-0.4, -0.2) is 27.7 Å². The Labute approximate surface area is 112 Å². The second kappa shape index (κ2) is 5.86. The molecule has 106 valence electrons. The van der Waals surface area contributed by atoms with Gasteiger partial charge in [0.1, 0.15) is 5.54 Å². The summed E-state index contributed by atoms with van der Waals surface area (Å²) in [6, 6.07) is 1.57. The Balaban J connectivity index is 2.82. The molecule has 0 aromatic carbocycles. The Hall–Kier alpha value is -1.85. The minimum Gasteiger partial charge on any atom is -0.480 e. The second-order valence-electron chi connectivity index (χ2n) is 5.01. The number of rotatable bonds is 6. The fourth-order valence-corrected chi connectivity index (χ4v) is 1.69. The van der Waals surface area contributed by atoms with Crippen LogP contribution in [0.25, 0.3) is 0 Å². The molecule has 1 aromatic rings. The van der Waals surface area contributed by atoms with Crippen LogP contribution in [0.2, 0.25) is 0 Å². The summed E-state index contributed by atoms with van der Waals surface area (Å²) in [5, 5.41) is 15.2. The number of nitrogens with zero attached hydrogens (tertiary/aromatic N) is 1. The lowest BCUT2D eigenvalue weighted by atomic mass is 9.99. The third-order valence-corrected chi connectivity index (χ3v) is 3.12. The van der Waals surface area contributed by atoms with E-state index in [4.69, 9.17) is 9.63 Å². The maximum absolute atomic E-state index is 11.9. The summed E-state index contributed by atoms with van der Waals surface area (Å²) in [4.78, 5) is 22.8. The van der Waals surface area contributed by atoms with Crippen LogP contribution in [0.3, 0.4) is 0 Å². The number of aliphatic carboxylic acids is 1. The van der Waals surface area contributed by atoms with E-state index in [1.807, 2.05) is 13.8 Å². The number of carboxylic acids is 1. The lowest BCUT2D eigenvalue weighted by Crippen LogP contribution is -2.49. The van der Waals surface area contributed by atoms with E-state index in [1.54, 1.807) is 6.07 Å². The molecule has 2 N–H and O–H groups in total. The van der Waals surface area contributed by atoms with E-state index in [1.165, 1.54) is 13.8 Å². The van der Waals surface area contributed by atoms with Crippen molar-refractivity contribution < 1.29 is 19.2 Å². The van der Waals surface area contributed by atoms with E-state index in [0.29, 0.717) is 0 Å². The molecule has 1 amide bonds. The van der Waals surface area contributed by atoms with Gasteiger partial charge in [-0.25, -0.2) is 4.79 Å². The molecule has 0 unspecified atom stereocenters. The molecule has 0 bridgehead atoms.